The van der Waals surface area contributed by atoms with Crippen LogP contribution < -0.4 is 14.4 Å². The van der Waals surface area contributed by atoms with E-state index < -0.39 is 10.0 Å². The van der Waals surface area contributed by atoms with Crippen LogP contribution in [0.25, 0.3) is 0 Å². The summed E-state index contributed by atoms with van der Waals surface area (Å²) in [7, 11) is -3.59. The van der Waals surface area contributed by atoms with Gasteiger partial charge in [-0.3, -0.25) is 0 Å². The molecule has 1 fully saturated rings. The number of ether oxygens (including phenoxy) is 2. The van der Waals surface area contributed by atoms with E-state index in [2.05, 4.69) is 36.9 Å². The molecule has 6 nitrogen and oxygen atoms in total. The molecule has 0 aromatic heterocycles. The average molecular weight is 419 g/mol. The van der Waals surface area contributed by atoms with Gasteiger partial charge in [0.2, 0.25) is 10.0 Å². The van der Waals surface area contributed by atoms with Gasteiger partial charge in [0.15, 0.2) is 11.5 Å². The number of anilines is 1. The van der Waals surface area contributed by atoms with Gasteiger partial charge in [0.1, 0.15) is 0 Å². The fourth-order valence-electron chi connectivity index (χ4n) is 3.59. The highest BCUT2D eigenvalue weighted by Crippen LogP contribution is 2.32. The lowest BCUT2D eigenvalue weighted by atomic mass is 10.1. The lowest BCUT2D eigenvalue weighted by Gasteiger charge is -2.36. The molecule has 0 unspecified atom stereocenters. The molecule has 0 spiro atoms. The Labute approximate surface area is 174 Å². The van der Waals surface area contributed by atoms with E-state index in [9.17, 15) is 8.42 Å². The van der Waals surface area contributed by atoms with Crippen LogP contribution in [-0.2, 0) is 10.0 Å². The lowest BCUT2D eigenvalue weighted by Crippen LogP contribution is -2.48. The molecule has 1 saturated heterocycles. The van der Waals surface area contributed by atoms with E-state index in [4.69, 9.17) is 9.47 Å². The SMILES string of the molecule is CCOc1ccc(S(=O)(=O)N2CCN(c3cccc(C)c3C)CC2)cc1OCC. The number of rotatable bonds is 7. The molecule has 0 saturated carbocycles. The molecule has 0 bridgehead atoms. The first-order chi connectivity index (χ1) is 13.9. The highest BCUT2D eigenvalue weighted by Gasteiger charge is 2.30. The minimum absolute atomic E-state index is 0.240. The second-order valence-electron chi connectivity index (χ2n) is 7.08. The van der Waals surface area contributed by atoms with Crippen molar-refractivity contribution >= 4 is 15.7 Å². The summed E-state index contributed by atoms with van der Waals surface area (Å²) in [4.78, 5) is 2.50. The summed E-state index contributed by atoms with van der Waals surface area (Å²) in [5.41, 5.74) is 3.67. The third-order valence-corrected chi connectivity index (χ3v) is 7.20. The molecule has 2 aromatic rings. The Hall–Kier alpha value is -2.25. The van der Waals surface area contributed by atoms with Crippen molar-refractivity contribution in [2.75, 3.05) is 44.3 Å². The molecule has 0 radical (unpaired) electrons. The molecule has 0 N–H and O–H groups in total. The first kappa shape index (κ1) is 21.5. The number of hydrogen-bond acceptors (Lipinski definition) is 5. The molecular weight excluding hydrogens is 388 g/mol. The van der Waals surface area contributed by atoms with Gasteiger partial charge < -0.3 is 14.4 Å². The zero-order valence-corrected chi connectivity index (χ0v) is 18.5. The van der Waals surface area contributed by atoms with E-state index in [1.807, 2.05) is 13.8 Å². The fraction of sp³-hybridized carbons (Fsp3) is 0.455. The molecule has 7 heteroatoms. The smallest absolute Gasteiger partial charge is 0.243 e. The molecule has 0 atom stereocenters. The molecule has 29 heavy (non-hydrogen) atoms. The maximum atomic E-state index is 13.2. The second kappa shape index (κ2) is 9.05. The van der Waals surface area contributed by atoms with Crippen molar-refractivity contribution in [1.82, 2.24) is 4.31 Å². The van der Waals surface area contributed by atoms with Gasteiger partial charge >= 0.3 is 0 Å². The van der Waals surface area contributed by atoms with E-state index >= 15 is 0 Å². The molecule has 0 amide bonds. The van der Waals surface area contributed by atoms with E-state index in [-0.39, 0.29) is 4.90 Å². The number of aryl methyl sites for hydroxylation is 1. The largest absolute Gasteiger partial charge is 0.490 e. The quantitative estimate of drug-likeness (QED) is 0.687. The van der Waals surface area contributed by atoms with Gasteiger partial charge in [0, 0.05) is 37.9 Å². The molecular formula is C22H30N2O4S. The number of nitrogens with zero attached hydrogens (tertiary/aromatic N) is 2. The first-order valence-corrected chi connectivity index (χ1v) is 11.5. The van der Waals surface area contributed by atoms with Crippen LogP contribution >= 0.6 is 0 Å². The Morgan fingerprint density at radius 3 is 2.21 bits per heavy atom. The van der Waals surface area contributed by atoms with E-state index in [1.54, 1.807) is 22.5 Å². The van der Waals surface area contributed by atoms with Gasteiger partial charge in [-0.05, 0) is 57.0 Å². The number of piperazine rings is 1. The first-order valence-electron chi connectivity index (χ1n) is 10.1. The van der Waals surface area contributed by atoms with Crippen LogP contribution in [0.4, 0.5) is 5.69 Å². The average Bonchev–Trinajstić information content (AvgIpc) is 2.72. The van der Waals surface area contributed by atoms with Crippen LogP contribution in [-0.4, -0.2) is 52.1 Å². The maximum Gasteiger partial charge on any atom is 0.243 e. The van der Waals surface area contributed by atoms with Crippen molar-refractivity contribution in [1.29, 1.82) is 0 Å². The maximum absolute atomic E-state index is 13.2. The van der Waals surface area contributed by atoms with Gasteiger partial charge in [-0.2, -0.15) is 4.31 Å². The van der Waals surface area contributed by atoms with Gasteiger partial charge in [-0.25, -0.2) is 8.42 Å². The summed E-state index contributed by atoms with van der Waals surface area (Å²) < 4.78 is 39.1. The second-order valence-corrected chi connectivity index (χ2v) is 9.02. The summed E-state index contributed by atoms with van der Waals surface area (Å²) in [6, 6.07) is 11.1. The minimum atomic E-state index is -3.59. The van der Waals surface area contributed by atoms with Crippen molar-refractivity contribution in [3.63, 3.8) is 0 Å². The third kappa shape index (κ3) is 4.51. The third-order valence-electron chi connectivity index (χ3n) is 5.31. The van der Waals surface area contributed by atoms with Crippen molar-refractivity contribution in [3.8, 4) is 11.5 Å². The number of benzene rings is 2. The Morgan fingerprint density at radius 1 is 0.897 bits per heavy atom. The van der Waals surface area contributed by atoms with Crippen molar-refractivity contribution in [2.24, 2.45) is 0 Å². The summed E-state index contributed by atoms with van der Waals surface area (Å²) in [6.45, 7) is 11.1. The highest BCUT2D eigenvalue weighted by molar-refractivity contribution is 7.89. The number of sulfonamides is 1. The van der Waals surface area contributed by atoms with Gasteiger partial charge in [-0.1, -0.05) is 12.1 Å². The fourth-order valence-corrected chi connectivity index (χ4v) is 5.03. The summed E-state index contributed by atoms with van der Waals surface area (Å²) in [6.07, 6.45) is 0. The monoisotopic (exact) mass is 418 g/mol. The van der Waals surface area contributed by atoms with Crippen LogP contribution in [0, 0.1) is 13.8 Å². The zero-order chi connectivity index (χ0) is 21.0. The van der Waals surface area contributed by atoms with Crippen molar-refractivity contribution in [3.05, 3.63) is 47.5 Å². The van der Waals surface area contributed by atoms with E-state index in [0.717, 1.165) is 0 Å². The number of hydrogen-bond donors (Lipinski definition) is 0. The molecule has 0 aliphatic carbocycles. The van der Waals surface area contributed by atoms with Crippen LogP contribution in [0.1, 0.15) is 25.0 Å². The van der Waals surface area contributed by atoms with Gasteiger partial charge in [0.05, 0.1) is 18.1 Å². The molecule has 1 aliphatic rings. The Bertz CT molecular complexity index is 951. The predicted molar refractivity (Wildman–Crippen MR) is 116 cm³/mol. The van der Waals surface area contributed by atoms with E-state index in [1.165, 1.54) is 16.8 Å². The van der Waals surface area contributed by atoms with Gasteiger partial charge in [0.25, 0.3) is 0 Å². The predicted octanol–water partition coefficient (Wildman–Crippen LogP) is 3.61. The normalized spacial score (nSPS) is 15.4. The molecule has 1 aliphatic heterocycles. The summed E-state index contributed by atoms with van der Waals surface area (Å²) >= 11 is 0. The van der Waals surface area contributed by atoms with Crippen LogP contribution in [0.3, 0.4) is 0 Å². The van der Waals surface area contributed by atoms with Crippen LogP contribution in [0.15, 0.2) is 41.3 Å². The Balaban J connectivity index is 1.77. The highest BCUT2D eigenvalue weighted by atomic mass is 32.2. The topological polar surface area (TPSA) is 59.1 Å². The Morgan fingerprint density at radius 2 is 1.55 bits per heavy atom. The molecule has 1 heterocycles. The minimum Gasteiger partial charge on any atom is -0.490 e. The Kier molecular flexibility index (Phi) is 6.70. The van der Waals surface area contributed by atoms with Crippen molar-refractivity contribution < 1.29 is 17.9 Å². The lowest BCUT2D eigenvalue weighted by molar-refractivity contribution is 0.287. The molecule has 158 valence electrons. The summed E-state index contributed by atoms with van der Waals surface area (Å²) in [5, 5.41) is 0. The standard InChI is InChI=1S/C22H30N2O4S/c1-5-27-21-11-10-19(16-22(21)28-6-2)29(25,26)24-14-12-23(13-15-24)20-9-7-8-17(3)18(20)4/h7-11,16H,5-6,12-15H2,1-4H3. The van der Waals surface area contributed by atoms with E-state index in [0.29, 0.717) is 50.9 Å². The van der Waals surface area contributed by atoms with Crippen LogP contribution in [0.2, 0.25) is 0 Å². The van der Waals surface area contributed by atoms with Crippen molar-refractivity contribution in [2.45, 2.75) is 32.6 Å². The summed E-state index contributed by atoms with van der Waals surface area (Å²) in [5.74, 6) is 1.03. The van der Waals surface area contributed by atoms with Gasteiger partial charge in [-0.15, -0.1) is 0 Å². The van der Waals surface area contributed by atoms with Crippen LogP contribution in [0.5, 0.6) is 11.5 Å². The molecule has 3 rings (SSSR count). The molecule has 2 aromatic carbocycles. The zero-order valence-electron chi connectivity index (χ0n) is 17.6.